The number of likely N-dealkylation sites (tertiary alicyclic amines) is 1. The van der Waals surface area contributed by atoms with E-state index in [0.717, 1.165) is 23.9 Å². The van der Waals surface area contributed by atoms with Crippen molar-refractivity contribution in [1.29, 1.82) is 0 Å². The summed E-state index contributed by atoms with van der Waals surface area (Å²) < 4.78 is 0. The van der Waals surface area contributed by atoms with Crippen molar-refractivity contribution in [1.82, 2.24) is 9.88 Å². The zero-order valence-electron chi connectivity index (χ0n) is 13.2. The zero-order valence-corrected chi connectivity index (χ0v) is 14.0. The summed E-state index contributed by atoms with van der Waals surface area (Å²) in [6.07, 6.45) is 8.86. The van der Waals surface area contributed by atoms with E-state index >= 15 is 0 Å². The molecule has 116 valence electrons. The fourth-order valence-electron chi connectivity index (χ4n) is 3.84. The molecule has 2 fully saturated rings. The van der Waals surface area contributed by atoms with Crippen LogP contribution in [0.3, 0.4) is 0 Å². The van der Waals surface area contributed by atoms with Crippen LogP contribution in [0.1, 0.15) is 80.2 Å². The number of fused-ring (bicyclic) bond motifs is 1. The lowest BCUT2D eigenvalue weighted by Gasteiger charge is -2.38. The number of aromatic nitrogens is 1. The molecule has 1 amide bonds. The van der Waals surface area contributed by atoms with Crippen LogP contribution in [0.15, 0.2) is 5.38 Å². The second-order valence-corrected chi connectivity index (χ2v) is 7.72. The minimum atomic E-state index is 0.178. The number of hydrogen-bond donors (Lipinski definition) is 0. The van der Waals surface area contributed by atoms with Gasteiger partial charge in [-0.05, 0) is 31.6 Å². The lowest BCUT2D eigenvalue weighted by Crippen LogP contribution is -2.45. The molecule has 4 heteroatoms. The Morgan fingerprint density at radius 2 is 1.95 bits per heavy atom. The first kappa shape index (κ1) is 15.0. The highest BCUT2D eigenvalue weighted by Crippen LogP contribution is 2.35. The fraction of sp³-hybridized carbons (Fsp3) is 0.765. The van der Waals surface area contributed by atoms with E-state index in [9.17, 15) is 4.79 Å². The van der Waals surface area contributed by atoms with Gasteiger partial charge >= 0.3 is 0 Å². The topological polar surface area (TPSA) is 33.2 Å². The number of carbonyl (C=O) groups is 1. The highest BCUT2D eigenvalue weighted by atomic mass is 32.1. The van der Waals surface area contributed by atoms with Crippen molar-refractivity contribution >= 4 is 17.2 Å². The number of carbonyl (C=O) groups excluding carboxylic acids is 1. The van der Waals surface area contributed by atoms with Gasteiger partial charge in [-0.2, -0.15) is 0 Å². The molecular weight excluding hydrogens is 280 g/mol. The van der Waals surface area contributed by atoms with Crippen molar-refractivity contribution in [3.8, 4) is 0 Å². The minimum Gasteiger partial charge on any atom is -0.334 e. The molecule has 0 N–H and O–H groups in total. The van der Waals surface area contributed by atoms with Crippen LogP contribution >= 0.6 is 11.3 Å². The molecule has 1 aliphatic heterocycles. The van der Waals surface area contributed by atoms with E-state index in [1.165, 1.54) is 38.5 Å². The van der Waals surface area contributed by atoms with E-state index in [1.807, 2.05) is 5.38 Å². The number of thiazole rings is 1. The Balaban J connectivity index is 1.80. The van der Waals surface area contributed by atoms with Crippen LogP contribution in [0.2, 0.25) is 0 Å². The molecule has 1 aliphatic carbocycles. The van der Waals surface area contributed by atoms with Crippen LogP contribution in [0.5, 0.6) is 0 Å². The largest absolute Gasteiger partial charge is 0.334 e. The van der Waals surface area contributed by atoms with Crippen molar-refractivity contribution in [3.63, 3.8) is 0 Å². The van der Waals surface area contributed by atoms with Crippen LogP contribution in [0.25, 0.3) is 0 Å². The smallest absolute Gasteiger partial charge is 0.273 e. The Kier molecular flexibility index (Phi) is 4.63. The van der Waals surface area contributed by atoms with Gasteiger partial charge in [-0.25, -0.2) is 4.98 Å². The summed E-state index contributed by atoms with van der Waals surface area (Å²) in [6, 6.07) is 0.470. The van der Waals surface area contributed by atoms with Crippen molar-refractivity contribution in [2.75, 3.05) is 6.54 Å². The molecule has 1 aromatic rings. The summed E-state index contributed by atoms with van der Waals surface area (Å²) in [5.74, 6) is 1.31. The van der Waals surface area contributed by atoms with Crippen LogP contribution < -0.4 is 0 Å². The van der Waals surface area contributed by atoms with Gasteiger partial charge in [-0.1, -0.05) is 33.1 Å². The van der Waals surface area contributed by atoms with Crippen molar-refractivity contribution in [2.45, 2.75) is 70.8 Å². The number of rotatable bonds is 2. The Labute approximate surface area is 131 Å². The SMILES string of the molecule is CC(C)c1nc(C(=O)N2CCCC[C@H]3CCCC[C@H]32)cs1. The molecule has 3 rings (SSSR count). The molecule has 2 atom stereocenters. The third kappa shape index (κ3) is 3.15. The summed E-state index contributed by atoms with van der Waals surface area (Å²) in [7, 11) is 0. The van der Waals surface area contributed by atoms with Crippen LogP contribution in [-0.2, 0) is 0 Å². The normalized spacial score (nSPS) is 26.5. The highest BCUT2D eigenvalue weighted by Gasteiger charge is 2.35. The zero-order chi connectivity index (χ0) is 14.8. The number of hydrogen-bond acceptors (Lipinski definition) is 3. The molecule has 0 aromatic carbocycles. The second-order valence-electron chi connectivity index (χ2n) is 6.83. The van der Waals surface area contributed by atoms with E-state index in [4.69, 9.17) is 0 Å². The lowest BCUT2D eigenvalue weighted by atomic mass is 9.81. The summed E-state index contributed by atoms with van der Waals surface area (Å²) in [5.41, 5.74) is 0.676. The first-order valence-electron chi connectivity index (χ1n) is 8.43. The Morgan fingerprint density at radius 3 is 2.67 bits per heavy atom. The molecular formula is C17H26N2OS. The molecule has 2 heterocycles. The predicted octanol–water partition coefficient (Wildman–Crippen LogP) is 4.45. The van der Waals surface area contributed by atoms with Gasteiger partial charge in [-0.3, -0.25) is 4.79 Å². The Hall–Kier alpha value is -0.900. The molecule has 1 aromatic heterocycles. The number of amides is 1. The van der Waals surface area contributed by atoms with Crippen LogP contribution in [0, 0.1) is 5.92 Å². The van der Waals surface area contributed by atoms with E-state index in [1.54, 1.807) is 11.3 Å². The Morgan fingerprint density at radius 1 is 1.24 bits per heavy atom. The molecule has 21 heavy (non-hydrogen) atoms. The van der Waals surface area contributed by atoms with Gasteiger partial charge in [0.25, 0.3) is 5.91 Å². The van der Waals surface area contributed by atoms with E-state index in [2.05, 4.69) is 23.7 Å². The minimum absolute atomic E-state index is 0.178. The standard InChI is InChI=1S/C17H26N2OS/c1-12(2)16-18-14(11-21-16)17(20)19-10-6-5-8-13-7-3-4-9-15(13)19/h11-13,15H,3-10H2,1-2H3/t13-,15-/m1/s1. The average Bonchev–Trinajstić information content (AvgIpc) is 2.88. The van der Waals surface area contributed by atoms with E-state index in [-0.39, 0.29) is 5.91 Å². The van der Waals surface area contributed by atoms with Crippen molar-refractivity contribution < 1.29 is 4.79 Å². The average molecular weight is 306 g/mol. The Bertz CT molecular complexity index is 497. The maximum Gasteiger partial charge on any atom is 0.273 e. The first-order chi connectivity index (χ1) is 10.2. The van der Waals surface area contributed by atoms with Gasteiger partial charge in [0.05, 0.1) is 5.01 Å². The van der Waals surface area contributed by atoms with Gasteiger partial charge in [0.2, 0.25) is 0 Å². The quantitative estimate of drug-likeness (QED) is 0.808. The predicted molar refractivity (Wildman–Crippen MR) is 86.8 cm³/mol. The maximum atomic E-state index is 12.9. The molecule has 3 nitrogen and oxygen atoms in total. The third-order valence-electron chi connectivity index (χ3n) is 4.99. The number of nitrogens with zero attached hydrogens (tertiary/aromatic N) is 2. The molecule has 0 bridgehead atoms. The maximum absolute atomic E-state index is 12.9. The van der Waals surface area contributed by atoms with E-state index < -0.39 is 0 Å². The fourth-order valence-corrected chi connectivity index (χ4v) is 4.65. The summed E-state index contributed by atoms with van der Waals surface area (Å²) in [5, 5.41) is 3.04. The van der Waals surface area contributed by atoms with Crippen molar-refractivity contribution in [2.24, 2.45) is 5.92 Å². The summed E-state index contributed by atoms with van der Waals surface area (Å²) >= 11 is 1.63. The monoisotopic (exact) mass is 306 g/mol. The highest BCUT2D eigenvalue weighted by molar-refractivity contribution is 7.09. The van der Waals surface area contributed by atoms with E-state index in [0.29, 0.717) is 17.7 Å². The summed E-state index contributed by atoms with van der Waals surface area (Å²) in [4.78, 5) is 19.7. The van der Waals surface area contributed by atoms with Crippen molar-refractivity contribution in [3.05, 3.63) is 16.1 Å². The van der Waals surface area contributed by atoms with Crippen LogP contribution in [0.4, 0.5) is 0 Å². The van der Waals surface area contributed by atoms with Gasteiger partial charge in [-0.15, -0.1) is 11.3 Å². The summed E-state index contributed by atoms with van der Waals surface area (Å²) in [6.45, 7) is 5.20. The molecule has 1 saturated heterocycles. The van der Waals surface area contributed by atoms with Crippen LogP contribution in [-0.4, -0.2) is 28.4 Å². The first-order valence-corrected chi connectivity index (χ1v) is 9.31. The molecule has 0 radical (unpaired) electrons. The second kappa shape index (κ2) is 6.47. The third-order valence-corrected chi connectivity index (χ3v) is 6.13. The molecule has 2 aliphatic rings. The molecule has 0 spiro atoms. The van der Waals surface area contributed by atoms with Gasteiger partial charge in [0.15, 0.2) is 0 Å². The lowest BCUT2D eigenvalue weighted by molar-refractivity contribution is 0.0563. The van der Waals surface area contributed by atoms with Gasteiger partial charge in [0.1, 0.15) is 5.69 Å². The van der Waals surface area contributed by atoms with Gasteiger partial charge < -0.3 is 4.90 Å². The van der Waals surface area contributed by atoms with Gasteiger partial charge in [0, 0.05) is 23.9 Å². The molecule has 1 saturated carbocycles. The molecule has 0 unspecified atom stereocenters.